The van der Waals surface area contributed by atoms with E-state index in [2.05, 4.69) is 242 Å². The van der Waals surface area contributed by atoms with Crippen molar-refractivity contribution in [3.8, 4) is 67.0 Å². The van der Waals surface area contributed by atoms with Crippen molar-refractivity contribution in [1.82, 2.24) is 0 Å². The van der Waals surface area contributed by atoms with Gasteiger partial charge in [0.05, 0.1) is 27.8 Å². The van der Waals surface area contributed by atoms with E-state index in [1.807, 2.05) is 0 Å². The van der Waals surface area contributed by atoms with E-state index >= 15 is 0 Å². The van der Waals surface area contributed by atoms with Crippen LogP contribution in [0, 0.1) is 0 Å². The number of pyridine rings is 2. The molecule has 0 saturated carbocycles. The molecule has 2 heteroatoms. The second-order valence-electron chi connectivity index (χ2n) is 19.3. The quantitative estimate of drug-likeness (QED) is 0.121. The third-order valence-electron chi connectivity index (χ3n) is 15.8. The molecule has 2 aromatic heterocycles. The molecular weight excluding hydrogens is 821 g/mol. The molecule has 2 nitrogen and oxygen atoms in total. The predicted molar refractivity (Wildman–Crippen MR) is 284 cm³/mol. The van der Waals surface area contributed by atoms with Gasteiger partial charge in [-0.05, 0) is 145 Å². The topological polar surface area (TPSA) is 7.76 Å². The first-order chi connectivity index (χ1) is 33.6. The number of nitrogens with zero attached hydrogens (tertiary/aromatic N) is 2. The van der Waals surface area contributed by atoms with Crippen molar-refractivity contribution in [2.75, 3.05) is 0 Å². The summed E-state index contributed by atoms with van der Waals surface area (Å²) in [6.45, 7) is 8.10. The smallest absolute Gasteiger partial charge is 0.198 e. The molecule has 12 rings (SSSR count). The minimum atomic E-state index is -0.154. The fourth-order valence-electron chi connectivity index (χ4n) is 12.7. The van der Waals surface area contributed by atoms with Crippen LogP contribution in [0.1, 0.15) is 75.1 Å². The molecule has 0 aliphatic carbocycles. The normalized spacial score (nSPS) is 17.0. The molecule has 330 valence electrons. The molecule has 3 atom stereocenters. The molecule has 4 heterocycles. The largest absolute Gasteiger partial charge is 0.220 e. The maximum absolute atomic E-state index is 2.70. The van der Waals surface area contributed by atoms with Gasteiger partial charge in [-0.2, -0.15) is 9.13 Å². The first kappa shape index (κ1) is 42.0. The van der Waals surface area contributed by atoms with E-state index in [1.165, 1.54) is 118 Å². The average molecular weight is 879 g/mol. The first-order valence-electron chi connectivity index (χ1n) is 25.1. The van der Waals surface area contributed by atoms with Crippen molar-refractivity contribution in [1.29, 1.82) is 0 Å². The Balaban J connectivity index is 0.992. The highest BCUT2D eigenvalue weighted by molar-refractivity contribution is 5.99. The van der Waals surface area contributed by atoms with Crippen molar-refractivity contribution in [2.45, 2.75) is 76.8 Å². The maximum Gasteiger partial charge on any atom is 0.220 e. The molecule has 0 spiro atoms. The van der Waals surface area contributed by atoms with E-state index in [0.29, 0.717) is 0 Å². The highest BCUT2D eigenvalue weighted by Gasteiger charge is 2.58. The van der Waals surface area contributed by atoms with Crippen molar-refractivity contribution >= 4 is 21.5 Å². The van der Waals surface area contributed by atoms with Gasteiger partial charge in [0, 0.05) is 24.6 Å². The molecule has 2 aliphatic heterocycles. The second-order valence-corrected chi connectivity index (χ2v) is 19.3. The molecule has 0 fully saturated rings. The van der Waals surface area contributed by atoms with Gasteiger partial charge in [-0.1, -0.05) is 161 Å². The summed E-state index contributed by atoms with van der Waals surface area (Å²) in [5.41, 5.74) is 19.4. The number of rotatable bonds is 10. The van der Waals surface area contributed by atoms with Gasteiger partial charge in [-0.25, -0.2) is 0 Å². The molecule has 2 aliphatic rings. The Morgan fingerprint density at radius 1 is 0.485 bits per heavy atom. The Kier molecular flexibility index (Phi) is 10.7. The van der Waals surface area contributed by atoms with Crippen molar-refractivity contribution in [3.63, 3.8) is 0 Å². The van der Waals surface area contributed by atoms with Gasteiger partial charge in [0.2, 0.25) is 11.4 Å². The SMILES string of the molecule is CCCCc1cccc2c3[n+](ccc12)C(CC)C(CC)(C1C[n+]2ccccc2-c2cc(-c4cccc(-c5cc(-c6ccccc6)cc(-c6cccc7ccccc67)c5)c4)ccc21)c1ccccc1-3. The molecule has 0 radical (unpaired) electrons. The molecule has 0 saturated heterocycles. The van der Waals surface area contributed by atoms with Crippen LogP contribution in [0.3, 0.4) is 0 Å². The summed E-state index contributed by atoms with van der Waals surface area (Å²) >= 11 is 0. The van der Waals surface area contributed by atoms with Crippen LogP contribution in [-0.2, 0) is 18.4 Å². The van der Waals surface area contributed by atoms with Gasteiger partial charge >= 0.3 is 0 Å². The third-order valence-corrected chi connectivity index (χ3v) is 15.8. The zero-order valence-electron chi connectivity index (χ0n) is 39.5. The van der Waals surface area contributed by atoms with Gasteiger partial charge < -0.3 is 0 Å². The van der Waals surface area contributed by atoms with E-state index in [0.717, 1.165) is 25.8 Å². The molecule has 68 heavy (non-hydrogen) atoms. The number of fused-ring (bicyclic) bond motifs is 9. The highest BCUT2D eigenvalue weighted by atomic mass is 15.1. The van der Waals surface area contributed by atoms with Crippen LogP contribution in [0.2, 0.25) is 0 Å². The zero-order valence-corrected chi connectivity index (χ0v) is 39.5. The lowest BCUT2D eigenvalue weighted by Crippen LogP contribution is -2.60. The van der Waals surface area contributed by atoms with Crippen LogP contribution >= 0.6 is 0 Å². The Bertz CT molecular complexity index is 3520. The van der Waals surface area contributed by atoms with Gasteiger partial charge in [-0.3, -0.25) is 0 Å². The summed E-state index contributed by atoms with van der Waals surface area (Å²) in [5.74, 6) is 0.245. The van der Waals surface area contributed by atoms with Crippen LogP contribution in [0.4, 0.5) is 0 Å². The number of hydrogen-bond donors (Lipinski definition) is 0. The Morgan fingerprint density at radius 3 is 2.00 bits per heavy atom. The van der Waals surface area contributed by atoms with E-state index in [-0.39, 0.29) is 17.4 Å². The molecule has 0 N–H and O–H groups in total. The third kappa shape index (κ3) is 6.83. The minimum Gasteiger partial charge on any atom is -0.198 e. The summed E-state index contributed by atoms with van der Waals surface area (Å²) < 4.78 is 5.24. The highest BCUT2D eigenvalue weighted by Crippen LogP contribution is 2.57. The van der Waals surface area contributed by atoms with E-state index in [9.17, 15) is 0 Å². The monoisotopic (exact) mass is 878 g/mol. The van der Waals surface area contributed by atoms with Gasteiger partial charge in [0.25, 0.3) is 0 Å². The molecule has 3 unspecified atom stereocenters. The second kappa shape index (κ2) is 17.3. The maximum atomic E-state index is 2.70. The summed E-state index contributed by atoms with van der Waals surface area (Å²) in [7, 11) is 0. The van der Waals surface area contributed by atoms with E-state index in [1.54, 1.807) is 0 Å². The Hall–Kier alpha value is -7.42. The summed E-state index contributed by atoms with van der Waals surface area (Å²) in [6, 6.07) is 75.9. The lowest BCUT2D eigenvalue weighted by atomic mass is 9.57. The van der Waals surface area contributed by atoms with Crippen molar-refractivity contribution in [2.24, 2.45) is 0 Å². The van der Waals surface area contributed by atoms with Gasteiger partial charge in [-0.15, -0.1) is 0 Å². The number of aryl methyl sites for hydroxylation is 1. The number of hydrogen-bond acceptors (Lipinski definition) is 0. The average Bonchev–Trinajstić information content (AvgIpc) is 3.41. The molecule has 8 aromatic carbocycles. The zero-order chi connectivity index (χ0) is 45.8. The van der Waals surface area contributed by atoms with Gasteiger partial charge in [0.15, 0.2) is 25.0 Å². The number of unbranched alkanes of at least 4 members (excludes halogenated alkanes) is 1. The van der Waals surface area contributed by atoms with E-state index < -0.39 is 0 Å². The van der Waals surface area contributed by atoms with Crippen LogP contribution in [0.5, 0.6) is 0 Å². The molecule has 0 bridgehead atoms. The fourth-order valence-corrected chi connectivity index (χ4v) is 12.7. The minimum absolute atomic E-state index is 0.154. The number of aromatic nitrogens is 2. The summed E-state index contributed by atoms with van der Waals surface area (Å²) in [5, 5.41) is 5.30. The standard InChI is InChI=1S/C66H58N2/c1-4-7-20-46-25-19-31-58-56(46)36-38-68-64(5-2)66(6-3,61-32-14-13-29-59(61)65(58)68)62-44-67-37-16-15-33-63(67)60-43-50(34-35-57(60)62)48-26-17-27-49(39-48)52-40-51(45-21-9-8-10-22-45)41-53(42-52)55-30-18-24-47-23-11-12-28-54(47)55/h8-19,21-43,62,64H,4-7,20,44H2,1-3H3/q+2. The Labute approximate surface area is 401 Å². The van der Waals surface area contributed by atoms with Crippen LogP contribution in [0.25, 0.3) is 88.6 Å². The van der Waals surface area contributed by atoms with Crippen LogP contribution in [0.15, 0.2) is 213 Å². The molecule has 0 amide bonds. The fraction of sp³-hybridized carbons (Fsp3) is 0.182. The first-order valence-corrected chi connectivity index (χ1v) is 25.1. The van der Waals surface area contributed by atoms with Crippen molar-refractivity contribution < 1.29 is 9.13 Å². The summed E-state index contributed by atoms with van der Waals surface area (Å²) in [4.78, 5) is 0. The van der Waals surface area contributed by atoms with Crippen LogP contribution in [-0.4, -0.2) is 0 Å². The van der Waals surface area contributed by atoms with Crippen molar-refractivity contribution in [3.05, 3.63) is 229 Å². The van der Waals surface area contributed by atoms with Crippen LogP contribution < -0.4 is 9.13 Å². The molecule has 10 aromatic rings. The molecular formula is C66H58N2+2. The lowest BCUT2D eigenvalue weighted by molar-refractivity contribution is -0.731. The lowest BCUT2D eigenvalue weighted by Gasteiger charge is -2.47. The Morgan fingerprint density at radius 2 is 1.15 bits per heavy atom. The predicted octanol–water partition coefficient (Wildman–Crippen LogP) is 16.3. The number of benzene rings is 8. The van der Waals surface area contributed by atoms with E-state index in [4.69, 9.17) is 0 Å². The summed E-state index contributed by atoms with van der Waals surface area (Å²) in [6.07, 6.45) is 10.4. The van der Waals surface area contributed by atoms with Gasteiger partial charge in [0.1, 0.15) is 0 Å².